The standard InChI is InChI=1S/C20H29N3O2/c1-12-6-4-7-13(2)19(12)23-18(24)11-21-20(25)14(3)22-17-9-5-8-15-10-16(15)17/h4,6-7,14-17,22H,5,8-11H2,1-3H3,(H,21,25)(H,23,24)/t14?,15-,16+,17?/m1/s1. The number of carbonyl (C=O) groups excluding carboxylic acids is 2. The average Bonchev–Trinajstić information content (AvgIpc) is 3.37. The zero-order valence-corrected chi connectivity index (χ0v) is 15.4. The van der Waals surface area contributed by atoms with E-state index >= 15 is 0 Å². The molecule has 0 aromatic heterocycles. The third kappa shape index (κ3) is 4.40. The molecule has 0 radical (unpaired) electrons. The first-order valence-electron chi connectivity index (χ1n) is 9.35. The number of fused-ring (bicyclic) bond motifs is 1. The molecule has 0 spiro atoms. The quantitative estimate of drug-likeness (QED) is 0.743. The van der Waals surface area contributed by atoms with Crippen LogP contribution < -0.4 is 16.0 Å². The van der Waals surface area contributed by atoms with Gasteiger partial charge in [-0.1, -0.05) is 31.0 Å². The average molecular weight is 343 g/mol. The van der Waals surface area contributed by atoms with Crippen LogP contribution in [0.5, 0.6) is 0 Å². The van der Waals surface area contributed by atoms with E-state index in [4.69, 9.17) is 0 Å². The van der Waals surface area contributed by atoms with E-state index in [1.165, 1.54) is 19.3 Å². The summed E-state index contributed by atoms with van der Waals surface area (Å²) in [5.74, 6) is 1.33. The Morgan fingerprint density at radius 1 is 1.20 bits per heavy atom. The molecule has 2 aliphatic rings. The molecule has 4 atom stereocenters. The SMILES string of the molecule is Cc1cccc(C)c1NC(=O)CNC(=O)C(C)NC1CCC[C@@H]2C[C@H]12. The fourth-order valence-electron chi connectivity index (χ4n) is 4.03. The maximum Gasteiger partial charge on any atom is 0.243 e. The van der Waals surface area contributed by atoms with Gasteiger partial charge in [0, 0.05) is 11.7 Å². The van der Waals surface area contributed by atoms with Gasteiger partial charge in [-0.3, -0.25) is 9.59 Å². The number of hydrogen-bond acceptors (Lipinski definition) is 3. The maximum absolute atomic E-state index is 12.3. The van der Waals surface area contributed by atoms with Crippen LogP contribution in [0.2, 0.25) is 0 Å². The van der Waals surface area contributed by atoms with Crippen molar-refractivity contribution in [3.05, 3.63) is 29.3 Å². The summed E-state index contributed by atoms with van der Waals surface area (Å²) >= 11 is 0. The van der Waals surface area contributed by atoms with E-state index in [0.29, 0.717) is 6.04 Å². The van der Waals surface area contributed by atoms with E-state index in [0.717, 1.165) is 35.1 Å². The third-order valence-electron chi connectivity index (χ3n) is 5.61. The van der Waals surface area contributed by atoms with Gasteiger partial charge in [0.05, 0.1) is 12.6 Å². The molecule has 136 valence electrons. The third-order valence-corrected chi connectivity index (χ3v) is 5.61. The van der Waals surface area contributed by atoms with Crippen molar-refractivity contribution in [2.24, 2.45) is 11.8 Å². The number of para-hydroxylation sites is 1. The predicted molar refractivity (Wildman–Crippen MR) is 99.4 cm³/mol. The van der Waals surface area contributed by atoms with Crippen molar-refractivity contribution in [1.29, 1.82) is 0 Å². The zero-order chi connectivity index (χ0) is 18.0. The van der Waals surface area contributed by atoms with Crippen molar-refractivity contribution < 1.29 is 9.59 Å². The molecule has 0 heterocycles. The van der Waals surface area contributed by atoms with Crippen LogP contribution in [-0.4, -0.2) is 30.4 Å². The first kappa shape index (κ1) is 17.9. The molecule has 3 N–H and O–H groups in total. The summed E-state index contributed by atoms with van der Waals surface area (Å²) in [4.78, 5) is 24.4. The van der Waals surface area contributed by atoms with E-state index in [2.05, 4.69) is 16.0 Å². The van der Waals surface area contributed by atoms with Crippen LogP contribution in [0.25, 0.3) is 0 Å². The predicted octanol–water partition coefficient (Wildman–Crippen LogP) is 2.52. The van der Waals surface area contributed by atoms with Crippen LogP contribution in [0.4, 0.5) is 5.69 Å². The smallest absolute Gasteiger partial charge is 0.243 e. The van der Waals surface area contributed by atoms with Crippen LogP contribution in [0.1, 0.15) is 43.7 Å². The lowest BCUT2D eigenvalue weighted by molar-refractivity contribution is -0.125. The van der Waals surface area contributed by atoms with Crippen molar-refractivity contribution in [2.45, 2.75) is 58.5 Å². The molecule has 3 rings (SSSR count). The fraction of sp³-hybridized carbons (Fsp3) is 0.600. The summed E-state index contributed by atoms with van der Waals surface area (Å²) in [6.45, 7) is 5.80. The van der Waals surface area contributed by atoms with Gasteiger partial charge in [-0.05, 0) is 56.6 Å². The van der Waals surface area contributed by atoms with Crippen LogP contribution in [0, 0.1) is 25.7 Å². The summed E-state index contributed by atoms with van der Waals surface area (Å²) in [6, 6.07) is 6.08. The van der Waals surface area contributed by atoms with Crippen molar-refractivity contribution in [3.63, 3.8) is 0 Å². The number of benzene rings is 1. The van der Waals surface area contributed by atoms with Gasteiger partial charge in [0.25, 0.3) is 0 Å². The monoisotopic (exact) mass is 343 g/mol. The molecule has 2 aliphatic carbocycles. The number of aryl methyl sites for hydroxylation is 2. The number of hydrogen-bond donors (Lipinski definition) is 3. The first-order chi connectivity index (χ1) is 12.0. The number of carbonyl (C=O) groups is 2. The van der Waals surface area contributed by atoms with E-state index in [1.807, 2.05) is 39.0 Å². The first-order valence-corrected chi connectivity index (χ1v) is 9.35. The molecular weight excluding hydrogens is 314 g/mol. The van der Waals surface area contributed by atoms with Crippen LogP contribution in [-0.2, 0) is 9.59 Å². The molecule has 5 heteroatoms. The van der Waals surface area contributed by atoms with E-state index in [9.17, 15) is 9.59 Å². The highest BCUT2D eigenvalue weighted by Crippen LogP contribution is 2.49. The summed E-state index contributed by atoms with van der Waals surface area (Å²) in [7, 11) is 0. The van der Waals surface area contributed by atoms with Gasteiger partial charge >= 0.3 is 0 Å². The zero-order valence-electron chi connectivity index (χ0n) is 15.4. The minimum Gasteiger partial charge on any atom is -0.346 e. The van der Waals surface area contributed by atoms with E-state index in [-0.39, 0.29) is 24.4 Å². The van der Waals surface area contributed by atoms with Gasteiger partial charge in [-0.2, -0.15) is 0 Å². The highest BCUT2D eigenvalue weighted by Gasteiger charge is 2.45. The summed E-state index contributed by atoms with van der Waals surface area (Å²) in [6.07, 6.45) is 5.07. The van der Waals surface area contributed by atoms with Gasteiger partial charge in [0.1, 0.15) is 0 Å². The van der Waals surface area contributed by atoms with Gasteiger partial charge in [0.15, 0.2) is 0 Å². The molecule has 1 aromatic rings. The molecule has 2 unspecified atom stereocenters. The normalized spacial score (nSPS) is 25.6. The lowest BCUT2D eigenvalue weighted by Gasteiger charge is -2.26. The second kappa shape index (κ2) is 7.56. The summed E-state index contributed by atoms with van der Waals surface area (Å²) in [5.41, 5.74) is 2.87. The lowest BCUT2D eigenvalue weighted by atomic mass is 9.95. The molecule has 25 heavy (non-hydrogen) atoms. The van der Waals surface area contributed by atoms with E-state index in [1.54, 1.807) is 0 Å². The highest BCUT2D eigenvalue weighted by atomic mass is 16.2. The van der Waals surface area contributed by atoms with Crippen LogP contribution >= 0.6 is 0 Å². The second-order valence-corrected chi connectivity index (χ2v) is 7.62. The molecule has 2 fully saturated rings. The summed E-state index contributed by atoms with van der Waals surface area (Å²) in [5, 5.41) is 9.10. The molecular formula is C20H29N3O2. The van der Waals surface area contributed by atoms with E-state index < -0.39 is 0 Å². The van der Waals surface area contributed by atoms with Crippen LogP contribution in [0.3, 0.4) is 0 Å². The van der Waals surface area contributed by atoms with Gasteiger partial charge in [-0.15, -0.1) is 0 Å². The Kier molecular flexibility index (Phi) is 5.42. The summed E-state index contributed by atoms with van der Waals surface area (Å²) < 4.78 is 0. The van der Waals surface area contributed by atoms with Crippen molar-refractivity contribution in [2.75, 3.05) is 11.9 Å². The molecule has 2 amide bonds. The molecule has 0 aliphatic heterocycles. The Morgan fingerprint density at radius 2 is 1.92 bits per heavy atom. The van der Waals surface area contributed by atoms with Crippen LogP contribution in [0.15, 0.2) is 18.2 Å². The number of amides is 2. The molecule has 0 bridgehead atoms. The van der Waals surface area contributed by atoms with Gasteiger partial charge in [0.2, 0.25) is 11.8 Å². The van der Waals surface area contributed by atoms with Crippen molar-refractivity contribution in [3.8, 4) is 0 Å². The molecule has 1 aromatic carbocycles. The number of rotatable bonds is 6. The second-order valence-electron chi connectivity index (χ2n) is 7.62. The Bertz CT molecular complexity index is 638. The minimum absolute atomic E-state index is 0.00462. The largest absolute Gasteiger partial charge is 0.346 e. The number of nitrogens with one attached hydrogen (secondary N) is 3. The fourth-order valence-corrected chi connectivity index (χ4v) is 4.03. The highest BCUT2D eigenvalue weighted by molar-refractivity contribution is 5.96. The Labute approximate surface area is 150 Å². The molecule has 0 saturated heterocycles. The minimum atomic E-state index is -0.266. The maximum atomic E-state index is 12.3. The molecule has 5 nitrogen and oxygen atoms in total. The topological polar surface area (TPSA) is 70.2 Å². The van der Waals surface area contributed by atoms with Crippen molar-refractivity contribution >= 4 is 17.5 Å². The van der Waals surface area contributed by atoms with Crippen molar-refractivity contribution in [1.82, 2.24) is 10.6 Å². The Hall–Kier alpha value is -1.88. The van der Waals surface area contributed by atoms with Gasteiger partial charge in [-0.25, -0.2) is 0 Å². The Balaban J connectivity index is 1.44. The Morgan fingerprint density at radius 3 is 2.64 bits per heavy atom. The van der Waals surface area contributed by atoms with Gasteiger partial charge < -0.3 is 16.0 Å². The molecule has 2 saturated carbocycles. The number of anilines is 1. The lowest BCUT2D eigenvalue weighted by Crippen LogP contribution is -2.49.